The highest BCUT2D eigenvalue weighted by Crippen LogP contribution is 2.35. The lowest BCUT2D eigenvalue weighted by atomic mass is 9.83. The number of ether oxygens (including phenoxy) is 1. The van der Waals surface area contributed by atoms with Crippen LogP contribution in [0.4, 0.5) is 10.5 Å². The van der Waals surface area contributed by atoms with Crippen LogP contribution in [0.15, 0.2) is 47.3 Å². The second-order valence-corrected chi connectivity index (χ2v) is 6.73. The molecule has 1 saturated heterocycles. The molecule has 1 N–H and O–H groups in total. The van der Waals surface area contributed by atoms with E-state index < -0.39 is 0 Å². The second kappa shape index (κ2) is 6.27. The minimum absolute atomic E-state index is 0.0547. The molecule has 3 heterocycles. The quantitative estimate of drug-likeness (QED) is 0.914. The van der Waals surface area contributed by atoms with E-state index in [4.69, 9.17) is 4.74 Å². The molecule has 1 aromatic heterocycles. The number of carbonyl (C=O) groups is 1. The topological polar surface area (TPSA) is 63.6 Å². The lowest BCUT2D eigenvalue weighted by Crippen LogP contribution is -2.50. The number of fused-ring (bicyclic) bond motifs is 4. The smallest absolute Gasteiger partial charge is 0.321 e. The summed E-state index contributed by atoms with van der Waals surface area (Å²) in [5.41, 5.74) is 1.76. The lowest BCUT2D eigenvalue weighted by Gasteiger charge is -2.42. The Labute approximate surface area is 146 Å². The lowest BCUT2D eigenvalue weighted by molar-refractivity contribution is 0.139. The molecule has 0 spiro atoms. The minimum Gasteiger partial charge on any atom is -0.495 e. The Kier molecular flexibility index (Phi) is 3.95. The average molecular weight is 339 g/mol. The van der Waals surface area contributed by atoms with Crippen molar-refractivity contribution >= 4 is 11.7 Å². The summed E-state index contributed by atoms with van der Waals surface area (Å²) in [5.74, 6) is 1.17. The summed E-state index contributed by atoms with van der Waals surface area (Å²) in [6.45, 7) is 1.98. The maximum absolute atomic E-state index is 12.7. The van der Waals surface area contributed by atoms with Crippen molar-refractivity contribution in [3.8, 4) is 5.75 Å². The number of hydrogen-bond acceptors (Lipinski definition) is 3. The molecule has 2 atom stereocenters. The molecule has 1 fully saturated rings. The molecule has 2 aromatic rings. The van der Waals surface area contributed by atoms with Gasteiger partial charge in [0.25, 0.3) is 5.56 Å². The first-order valence-corrected chi connectivity index (χ1v) is 8.54. The number of nitrogens with one attached hydrogen (secondary N) is 1. The van der Waals surface area contributed by atoms with Crippen LogP contribution in [0, 0.1) is 5.92 Å². The number of rotatable bonds is 2. The van der Waals surface area contributed by atoms with Crippen LogP contribution in [-0.2, 0) is 6.54 Å². The summed E-state index contributed by atoms with van der Waals surface area (Å²) in [6.07, 6.45) is 1.03. The van der Waals surface area contributed by atoms with E-state index >= 15 is 0 Å². The molecular weight excluding hydrogens is 318 g/mol. The largest absolute Gasteiger partial charge is 0.495 e. The monoisotopic (exact) mass is 339 g/mol. The number of pyridine rings is 1. The summed E-state index contributed by atoms with van der Waals surface area (Å²) < 4.78 is 7.17. The number of nitrogens with zero attached hydrogens (tertiary/aromatic N) is 2. The number of aromatic nitrogens is 1. The fourth-order valence-corrected chi connectivity index (χ4v) is 4.00. The fraction of sp³-hybridized carbons (Fsp3) is 0.368. The van der Waals surface area contributed by atoms with E-state index in [1.54, 1.807) is 13.2 Å². The number of para-hydroxylation sites is 2. The Morgan fingerprint density at radius 2 is 1.96 bits per heavy atom. The summed E-state index contributed by atoms with van der Waals surface area (Å²) in [7, 11) is 1.59. The number of hydrogen-bond donors (Lipinski definition) is 1. The minimum atomic E-state index is -0.120. The highest BCUT2D eigenvalue weighted by Gasteiger charge is 2.36. The third-order valence-electron chi connectivity index (χ3n) is 5.12. The van der Waals surface area contributed by atoms with E-state index in [1.807, 2.05) is 45.9 Å². The van der Waals surface area contributed by atoms with Crippen LogP contribution >= 0.6 is 0 Å². The van der Waals surface area contributed by atoms with Crippen molar-refractivity contribution in [1.82, 2.24) is 9.47 Å². The van der Waals surface area contributed by atoms with E-state index in [0.29, 0.717) is 37.0 Å². The van der Waals surface area contributed by atoms with Gasteiger partial charge < -0.3 is 19.5 Å². The highest BCUT2D eigenvalue weighted by atomic mass is 16.5. The molecule has 130 valence electrons. The fourth-order valence-electron chi connectivity index (χ4n) is 4.00. The summed E-state index contributed by atoms with van der Waals surface area (Å²) >= 11 is 0. The van der Waals surface area contributed by atoms with Crippen LogP contribution in [0.1, 0.15) is 18.0 Å². The van der Waals surface area contributed by atoms with Crippen LogP contribution < -0.4 is 15.6 Å². The predicted octanol–water partition coefficient (Wildman–Crippen LogP) is 2.51. The third-order valence-corrected chi connectivity index (χ3v) is 5.12. The van der Waals surface area contributed by atoms with Gasteiger partial charge in [0.15, 0.2) is 0 Å². The van der Waals surface area contributed by atoms with Crippen molar-refractivity contribution in [3.63, 3.8) is 0 Å². The molecule has 4 rings (SSSR count). The van der Waals surface area contributed by atoms with Crippen LogP contribution in [-0.4, -0.2) is 35.7 Å². The first-order valence-electron chi connectivity index (χ1n) is 8.54. The van der Waals surface area contributed by atoms with E-state index in [0.717, 1.165) is 12.1 Å². The van der Waals surface area contributed by atoms with E-state index in [2.05, 4.69) is 5.32 Å². The maximum Gasteiger partial charge on any atom is 0.321 e. The van der Waals surface area contributed by atoms with Gasteiger partial charge in [0.05, 0.1) is 12.8 Å². The highest BCUT2D eigenvalue weighted by molar-refractivity contribution is 5.91. The molecule has 2 amide bonds. The van der Waals surface area contributed by atoms with Gasteiger partial charge in [0.2, 0.25) is 0 Å². The Hall–Kier alpha value is -2.76. The Bertz CT molecular complexity index is 861. The van der Waals surface area contributed by atoms with Crippen molar-refractivity contribution in [2.45, 2.75) is 18.9 Å². The zero-order valence-corrected chi connectivity index (χ0v) is 14.1. The molecule has 0 saturated carbocycles. The number of benzene rings is 1. The molecule has 0 radical (unpaired) electrons. The van der Waals surface area contributed by atoms with Gasteiger partial charge in [-0.1, -0.05) is 18.2 Å². The molecule has 0 aliphatic carbocycles. The summed E-state index contributed by atoms with van der Waals surface area (Å²) in [6, 6.07) is 12.7. The SMILES string of the molecule is COc1ccccc1NC(=O)N1C[C@H]2C[C@H](C1)c1cccc(=O)n1C2. The summed E-state index contributed by atoms with van der Waals surface area (Å²) in [4.78, 5) is 26.7. The van der Waals surface area contributed by atoms with E-state index in [-0.39, 0.29) is 17.5 Å². The zero-order chi connectivity index (χ0) is 17.4. The Morgan fingerprint density at radius 1 is 1.12 bits per heavy atom. The maximum atomic E-state index is 12.7. The van der Waals surface area contributed by atoms with Gasteiger partial charge in [0.1, 0.15) is 5.75 Å². The number of likely N-dealkylation sites (tertiary alicyclic amines) is 1. The number of methoxy groups -OCH3 is 1. The van der Waals surface area contributed by atoms with Gasteiger partial charge in [-0.3, -0.25) is 4.79 Å². The van der Waals surface area contributed by atoms with E-state index in [9.17, 15) is 9.59 Å². The van der Waals surface area contributed by atoms with Gasteiger partial charge in [-0.2, -0.15) is 0 Å². The third kappa shape index (κ3) is 2.88. The standard InChI is InChI=1S/C19H21N3O3/c1-25-17-7-3-2-5-15(17)20-19(24)21-10-13-9-14(12-21)16-6-4-8-18(23)22(16)11-13/h2-8,13-14H,9-12H2,1H3,(H,20,24)/t13-,14-/m1/s1. The molecule has 2 bridgehead atoms. The first kappa shape index (κ1) is 15.7. The zero-order valence-electron chi connectivity index (χ0n) is 14.1. The predicted molar refractivity (Wildman–Crippen MR) is 95.1 cm³/mol. The van der Waals surface area contributed by atoms with Gasteiger partial charge in [-0.15, -0.1) is 0 Å². The number of piperidine rings is 1. The Morgan fingerprint density at radius 3 is 2.80 bits per heavy atom. The van der Waals surface area contributed by atoms with Crippen LogP contribution in [0.25, 0.3) is 0 Å². The molecule has 25 heavy (non-hydrogen) atoms. The molecule has 6 heteroatoms. The molecule has 6 nitrogen and oxygen atoms in total. The average Bonchev–Trinajstić information content (AvgIpc) is 2.63. The first-order chi connectivity index (χ1) is 12.2. The Balaban J connectivity index is 1.54. The van der Waals surface area contributed by atoms with Crippen LogP contribution in [0.2, 0.25) is 0 Å². The molecular formula is C19H21N3O3. The molecule has 2 aliphatic rings. The van der Waals surface area contributed by atoms with Crippen molar-refractivity contribution < 1.29 is 9.53 Å². The van der Waals surface area contributed by atoms with Crippen molar-refractivity contribution in [2.24, 2.45) is 5.92 Å². The van der Waals surface area contributed by atoms with Gasteiger partial charge in [-0.05, 0) is 30.5 Å². The van der Waals surface area contributed by atoms with Crippen molar-refractivity contribution in [1.29, 1.82) is 0 Å². The molecule has 2 aliphatic heterocycles. The number of carbonyl (C=O) groups excluding carboxylic acids is 1. The van der Waals surface area contributed by atoms with Gasteiger partial charge in [-0.25, -0.2) is 4.79 Å². The normalized spacial score (nSPS) is 21.4. The summed E-state index contributed by atoms with van der Waals surface area (Å²) in [5, 5.41) is 2.95. The number of anilines is 1. The molecule has 0 unspecified atom stereocenters. The van der Waals surface area contributed by atoms with Crippen LogP contribution in [0.3, 0.4) is 0 Å². The van der Waals surface area contributed by atoms with Crippen molar-refractivity contribution in [2.75, 3.05) is 25.5 Å². The van der Waals surface area contributed by atoms with Crippen LogP contribution in [0.5, 0.6) is 5.75 Å². The van der Waals surface area contributed by atoms with Gasteiger partial charge >= 0.3 is 6.03 Å². The van der Waals surface area contributed by atoms with Gasteiger partial charge in [0, 0.05) is 37.3 Å². The van der Waals surface area contributed by atoms with E-state index in [1.165, 1.54) is 0 Å². The number of amides is 2. The molecule has 1 aromatic carbocycles. The second-order valence-electron chi connectivity index (χ2n) is 6.73. The van der Waals surface area contributed by atoms with Crippen molar-refractivity contribution in [3.05, 3.63) is 58.5 Å². The number of urea groups is 1.